The van der Waals surface area contributed by atoms with Crippen molar-refractivity contribution >= 4 is 11.6 Å². The lowest BCUT2D eigenvalue weighted by atomic mass is 10.1. The number of Topliss-reactive ketones (excluding diaryl/α,β-unsaturated/α-hetero) is 1. The third-order valence-corrected chi connectivity index (χ3v) is 5.81. The Morgan fingerprint density at radius 3 is 2.81 bits per heavy atom. The van der Waals surface area contributed by atoms with E-state index in [1.807, 2.05) is 30.3 Å². The molecule has 3 rings (SSSR count). The highest BCUT2D eigenvalue weighted by atomic mass is 16.5. The van der Waals surface area contributed by atoms with Gasteiger partial charge in [-0.2, -0.15) is 0 Å². The molecule has 1 aliphatic heterocycles. The molecule has 0 fully saturated rings. The molecular formula is C25H36N4O2. The Morgan fingerprint density at radius 2 is 2.00 bits per heavy atom. The maximum absolute atomic E-state index is 11.5. The summed E-state index contributed by atoms with van der Waals surface area (Å²) in [6, 6.07) is 13.9. The second-order valence-corrected chi connectivity index (χ2v) is 8.31. The number of hydrogen-bond donors (Lipinski definition) is 2. The number of ketones is 1. The lowest BCUT2D eigenvalue weighted by molar-refractivity contribution is -0.118. The van der Waals surface area contributed by atoms with Gasteiger partial charge in [0.25, 0.3) is 0 Å². The molecule has 3 N–H and O–H groups in total. The number of para-hydroxylation sites is 1. The Morgan fingerprint density at radius 1 is 1.16 bits per heavy atom. The number of nitrogens with one attached hydrogen (secondary N) is 1. The number of benzene rings is 1. The molecule has 1 aromatic carbocycles. The van der Waals surface area contributed by atoms with Crippen LogP contribution in [-0.2, 0) is 17.6 Å². The molecule has 2 heterocycles. The van der Waals surface area contributed by atoms with Gasteiger partial charge in [0.15, 0.2) is 0 Å². The van der Waals surface area contributed by atoms with E-state index in [9.17, 15) is 4.79 Å². The third kappa shape index (κ3) is 7.96. The molecule has 168 valence electrons. The zero-order valence-corrected chi connectivity index (χ0v) is 18.7. The number of hydrogen-bond acceptors (Lipinski definition) is 6. The predicted octanol–water partition coefficient (Wildman–Crippen LogP) is 3.45. The topological polar surface area (TPSA) is 80.5 Å². The van der Waals surface area contributed by atoms with E-state index in [0.717, 1.165) is 69.1 Å². The molecular weight excluding hydrogens is 388 g/mol. The van der Waals surface area contributed by atoms with Crippen LogP contribution in [0.3, 0.4) is 0 Å². The standard InChI is InChI=1S/C25H36N4O2/c1-20(30)24(26)14-17-29(18-19-31-23-10-3-2-4-11-23)16-6-5-9-22-13-12-21-8-7-15-27-25(21)28-22/h2-4,10-13,24H,5-9,14-19,26H2,1H3,(H,27,28). The van der Waals surface area contributed by atoms with E-state index < -0.39 is 0 Å². The first kappa shape index (κ1) is 23.2. The molecule has 0 bridgehead atoms. The second-order valence-electron chi connectivity index (χ2n) is 8.31. The van der Waals surface area contributed by atoms with Crippen LogP contribution in [0.5, 0.6) is 5.75 Å². The number of aryl methyl sites for hydroxylation is 2. The number of aromatic nitrogens is 1. The van der Waals surface area contributed by atoms with Gasteiger partial charge in [0.05, 0.1) is 6.04 Å². The zero-order valence-electron chi connectivity index (χ0n) is 18.7. The van der Waals surface area contributed by atoms with Crippen molar-refractivity contribution in [1.29, 1.82) is 0 Å². The zero-order chi connectivity index (χ0) is 21.9. The molecule has 1 atom stereocenters. The van der Waals surface area contributed by atoms with Crippen LogP contribution in [0.15, 0.2) is 42.5 Å². The fraction of sp³-hybridized carbons (Fsp3) is 0.520. The Balaban J connectivity index is 1.43. The third-order valence-electron chi connectivity index (χ3n) is 5.81. The number of carbonyl (C=O) groups is 1. The highest BCUT2D eigenvalue weighted by Gasteiger charge is 2.13. The van der Waals surface area contributed by atoms with Crippen LogP contribution in [-0.4, -0.2) is 54.5 Å². The molecule has 6 nitrogen and oxygen atoms in total. The summed E-state index contributed by atoms with van der Waals surface area (Å²) in [4.78, 5) is 18.6. The SMILES string of the molecule is CC(=O)C(N)CCN(CCCCc1ccc2c(n1)NCCC2)CCOc1ccccc1. The minimum absolute atomic E-state index is 0.0487. The molecule has 0 radical (unpaired) electrons. The van der Waals surface area contributed by atoms with Gasteiger partial charge >= 0.3 is 0 Å². The number of carbonyl (C=O) groups excluding carboxylic acids is 1. The minimum Gasteiger partial charge on any atom is -0.492 e. The average Bonchev–Trinajstić information content (AvgIpc) is 2.80. The summed E-state index contributed by atoms with van der Waals surface area (Å²) in [5.74, 6) is 2.00. The number of nitrogens with zero attached hydrogens (tertiary/aromatic N) is 2. The van der Waals surface area contributed by atoms with Gasteiger partial charge in [0.2, 0.25) is 0 Å². The number of pyridine rings is 1. The summed E-state index contributed by atoms with van der Waals surface area (Å²) in [7, 11) is 0. The molecule has 31 heavy (non-hydrogen) atoms. The first-order valence-corrected chi connectivity index (χ1v) is 11.5. The summed E-state index contributed by atoms with van der Waals surface area (Å²) in [6.07, 6.45) is 6.13. The summed E-state index contributed by atoms with van der Waals surface area (Å²) in [6.45, 7) is 5.80. The number of ether oxygens (including phenoxy) is 1. The minimum atomic E-state index is -0.385. The van der Waals surface area contributed by atoms with Crippen LogP contribution >= 0.6 is 0 Å². The molecule has 0 saturated heterocycles. The number of fused-ring (bicyclic) bond motifs is 1. The van der Waals surface area contributed by atoms with Crippen molar-refractivity contribution in [2.24, 2.45) is 5.73 Å². The van der Waals surface area contributed by atoms with Crippen molar-refractivity contribution in [2.45, 2.75) is 51.5 Å². The highest BCUT2D eigenvalue weighted by Crippen LogP contribution is 2.20. The molecule has 1 aromatic heterocycles. The summed E-state index contributed by atoms with van der Waals surface area (Å²) in [5.41, 5.74) is 8.44. The van der Waals surface area contributed by atoms with Crippen molar-refractivity contribution in [3.8, 4) is 5.75 Å². The monoisotopic (exact) mass is 424 g/mol. The molecule has 6 heteroatoms. The summed E-state index contributed by atoms with van der Waals surface area (Å²) in [5, 5.41) is 3.41. The lowest BCUT2D eigenvalue weighted by Gasteiger charge is -2.23. The number of anilines is 1. The van der Waals surface area contributed by atoms with Crippen molar-refractivity contribution in [3.63, 3.8) is 0 Å². The summed E-state index contributed by atoms with van der Waals surface area (Å²) >= 11 is 0. The van der Waals surface area contributed by atoms with Crippen LogP contribution in [0, 0.1) is 0 Å². The smallest absolute Gasteiger partial charge is 0.146 e. The largest absolute Gasteiger partial charge is 0.492 e. The Labute approximate surface area is 186 Å². The van der Waals surface area contributed by atoms with Gasteiger partial charge in [-0.25, -0.2) is 4.98 Å². The summed E-state index contributed by atoms with van der Waals surface area (Å²) < 4.78 is 5.86. The Hall–Kier alpha value is -2.44. The molecule has 1 aliphatic rings. The first-order chi connectivity index (χ1) is 15.1. The van der Waals surface area contributed by atoms with Gasteiger partial charge in [-0.15, -0.1) is 0 Å². The highest BCUT2D eigenvalue weighted by molar-refractivity contribution is 5.81. The van der Waals surface area contributed by atoms with Gasteiger partial charge in [-0.1, -0.05) is 24.3 Å². The first-order valence-electron chi connectivity index (χ1n) is 11.5. The number of unbranched alkanes of at least 4 members (excludes halogenated alkanes) is 1. The quantitative estimate of drug-likeness (QED) is 0.480. The predicted molar refractivity (Wildman–Crippen MR) is 126 cm³/mol. The fourth-order valence-electron chi connectivity index (χ4n) is 3.82. The van der Waals surface area contributed by atoms with E-state index in [0.29, 0.717) is 13.0 Å². The van der Waals surface area contributed by atoms with Crippen molar-refractivity contribution in [1.82, 2.24) is 9.88 Å². The lowest BCUT2D eigenvalue weighted by Crippen LogP contribution is -2.36. The van der Waals surface area contributed by atoms with Gasteiger partial charge in [-0.05, 0) is 75.8 Å². The maximum atomic E-state index is 11.5. The second kappa shape index (κ2) is 12.4. The normalized spacial score (nSPS) is 14.0. The van der Waals surface area contributed by atoms with E-state index in [-0.39, 0.29) is 11.8 Å². The van der Waals surface area contributed by atoms with E-state index >= 15 is 0 Å². The molecule has 0 aliphatic carbocycles. The van der Waals surface area contributed by atoms with Crippen LogP contribution in [0.25, 0.3) is 0 Å². The fourth-order valence-corrected chi connectivity index (χ4v) is 3.82. The molecule has 1 unspecified atom stereocenters. The van der Waals surface area contributed by atoms with Gasteiger partial charge in [0, 0.05) is 25.3 Å². The maximum Gasteiger partial charge on any atom is 0.146 e. The van der Waals surface area contributed by atoms with Crippen molar-refractivity contribution < 1.29 is 9.53 Å². The number of rotatable bonds is 13. The Bertz CT molecular complexity index is 812. The molecule has 0 amide bonds. The van der Waals surface area contributed by atoms with Crippen LogP contribution in [0.2, 0.25) is 0 Å². The van der Waals surface area contributed by atoms with Gasteiger partial charge in [0.1, 0.15) is 24.0 Å². The van der Waals surface area contributed by atoms with E-state index in [1.54, 1.807) is 6.92 Å². The Kier molecular flexibility index (Phi) is 9.31. The van der Waals surface area contributed by atoms with Gasteiger partial charge < -0.3 is 15.8 Å². The van der Waals surface area contributed by atoms with Crippen molar-refractivity contribution in [3.05, 3.63) is 53.7 Å². The van der Waals surface area contributed by atoms with Crippen LogP contribution < -0.4 is 15.8 Å². The molecule has 0 spiro atoms. The molecule has 0 saturated carbocycles. The average molecular weight is 425 g/mol. The number of nitrogens with two attached hydrogens (primary N) is 1. The molecule has 2 aromatic rings. The van der Waals surface area contributed by atoms with E-state index in [2.05, 4.69) is 22.3 Å². The van der Waals surface area contributed by atoms with Crippen LogP contribution in [0.1, 0.15) is 43.9 Å². The van der Waals surface area contributed by atoms with E-state index in [1.165, 1.54) is 12.0 Å². The van der Waals surface area contributed by atoms with Crippen molar-refractivity contribution in [2.75, 3.05) is 38.1 Å². The van der Waals surface area contributed by atoms with E-state index in [4.69, 9.17) is 15.5 Å². The van der Waals surface area contributed by atoms with Gasteiger partial charge in [-0.3, -0.25) is 9.69 Å². The van der Waals surface area contributed by atoms with Crippen LogP contribution in [0.4, 0.5) is 5.82 Å².